The molecule has 1 fully saturated rings. The molecule has 1 aliphatic rings. The van der Waals surface area contributed by atoms with Gasteiger partial charge in [0.1, 0.15) is 6.04 Å². The zero-order valence-electron chi connectivity index (χ0n) is 18.4. The normalized spacial score (nSPS) is 14.8. The Morgan fingerprint density at radius 3 is 2.34 bits per heavy atom. The van der Waals surface area contributed by atoms with Crippen molar-refractivity contribution in [2.45, 2.75) is 63.4 Å². The SMILES string of the molecule is CCC(C(=O)NC1CCCC1)N(Cc1ccc(Cl)cc1)C(=O)CSCc1ccc(Br)cc1. The Morgan fingerprint density at radius 2 is 1.72 bits per heavy atom. The van der Waals surface area contributed by atoms with Crippen LogP contribution in [-0.4, -0.2) is 34.6 Å². The Morgan fingerprint density at radius 1 is 1.09 bits per heavy atom. The average Bonchev–Trinajstić information content (AvgIpc) is 3.29. The fourth-order valence-electron chi connectivity index (χ4n) is 3.99. The van der Waals surface area contributed by atoms with Crippen molar-refractivity contribution in [1.82, 2.24) is 10.2 Å². The number of rotatable bonds is 10. The van der Waals surface area contributed by atoms with E-state index in [-0.39, 0.29) is 17.9 Å². The lowest BCUT2D eigenvalue weighted by molar-refractivity contribution is -0.139. The van der Waals surface area contributed by atoms with Gasteiger partial charge >= 0.3 is 0 Å². The molecular formula is C25H30BrClN2O2S. The summed E-state index contributed by atoms with van der Waals surface area (Å²) in [7, 11) is 0. The summed E-state index contributed by atoms with van der Waals surface area (Å²) in [4.78, 5) is 28.1. The van der Waals surface area contributed by atoms with E-state index in [0.717, 1.165) is 41.5 Å². The number of hydrogen-bond donors (Lipinski definition) is 1. The molecule has 4 nitrogen and oxygen atoms in total. The average molecular weight is 538 g/mol. The summed E-state index contributed by atoms with van der Waals surface area (Å²) >= 11 is 11.1. The Kier molecular flexibility index (Phi) is 9.94. The van der Waals surface area contributed by atoms with Crippen LogP contribution < -0.4 is 5.32 Å². The lowest BCUT2D eigenvalue weighted by Gasteiger charge is -2.31. The molecule has 0 aliphatic heterocycles. The van der Waals surface area contributed by atoms with Gasteiger partial charge in [0.25, 0.3) is 0 Å². The molecule has 0 aromatic heterocycles. The van der Waals surface area contributed by atoms with Crippen molar-refractivity contribution in [3.05, 3.63) is 69.2 Å². The topological polar surface area (TPSA) is 49.4 Å². The van der Waals surface area contributed by atoms with E-state index in [2.05, 4.69) is 33.4 Å². The van der Waals surface area contributed by atoms with Gasteiger partial charge in [-0.1, -0.05) is 71.6 Å². The second-order valence-electron chi connectivity index (χ2n) is 8.18. The lowest BCUT2D eigenvalue weighted by Crippen LogP contribution is -2.51. The first-order chi connectivity index (χ1) is 15.5. The number of halogens is 2. The number of nitrogens with one attached hydrogen (secondary N) is 1. The van der Waals surface area contributed by atoms with E-state index in [0.29, 0.717) is 23.7 Å². The molecular weight excluding hydrogens is 508 g/mol. The highest BCUT2D eigenvalue weighted by molar-refractivity contribution is 9.10. The largest absolute Gasteiger partial charge is 0.352 e. The summed E-state index contributed by atoms with van der Waals surface area (Å²) < 4.78 is 1.04. The van der Waals surface area contributed by atoms with Gasteiger partial charge in [-0.15, -0.1) is 11.8 Å². The number of hydrogen-bond acceptors (Lipinski definition) is 3. The maximum Gasteiger partial charge on any atom is 0.243 e. The standard InChI is InChI=1S/C25H30BrClN2O2S/c1-2-23(25(31)28-22-5-3-4-6-22)29(15-18-9-13-21(27)14-10-18)24(30)17-32-16-19-7-11-20(26)12-8-19/h7-14,22-23H,2-6,15-17H2,1H3,(H,28,31). The number of amides is 2. The van der Waals surface area contributed by atoms with E-state index in [4.69, 9.17) is 11.6 Å². The van der Waals surface area contributed by atoms with Crippen molar-refractivity contribution in [1.29, 1.82) is 0 Å². The van der Waals surface area contributed by atoms with Crippen molar-refractivity contribution in [2.24, 2.45) is 0 Å². The molecule has 0 radical (unpaired) electrons. The van der Waals surface area contributed by atoms with Crippen LogP contribution in [0.15, 0.2) is 53.0 Å². The van der Waals surface area contributed by atoms with Crippen LogP contribution in [0.3, 0.4) is 0 Å². The molecule has 172 valence electrons. The first-order valence-corrected chi connectivity index (χ1v) is 13.4. The third-order valence-corrected chi connectivity index (χ3v) is 7.53. The highest BCUT2D eigenvalue weighted by Gasteiger charge is 2.30. The number of benzene rings is 2. The van der Waals surface area contributed by atoms with Crippen molar-refractivity contribution in [3.63, 3.8) is 0 Å². The Balaban J connectivity index is 1.68. The lowest BCUT2D eigenvalue weighted by atomic mass is 10.1. The second-order valence-corrected chi connectivity index (χ2v) is 10.5. The molecule has 7 heteroatoms. The van der Waals surface area contributed by atoms with Gasteiger partial charge in [0, 0.05) is 27.8 Å². The van der Waals surface area contributed by atoms with E-state index in [1.807, 2.05) is 43.3 Å². The third-order valence-electron chi connectivity index (χ3n) is 5.76. The highest BCUT2D eigenvalue weighted by atomic mass is 79.9. The zero-order valence-corrected chi connectivity index (χ0v) is 21.5. The summed E-state index contributed by atoms with van der Waals surface area (Å²) in [5.41, 5.74) is 2.13. The van der Waals surface area contributed by atoms with Gasteiger partial charge in [-0.3, -0.25) is 9.59 Å². The molecule has 1 unspecified atom stereocenters. The van der Waals surface area contributed by atoms with Gasteiger partial charge < -0.3 is 10.2 Å². The third kappa shape index (κ3) is 7.53. The van der Waals surface area contributed by atoms with Gasteiger partial charge in [0.05, 0.1) is 5.75 Å². The van der Waals surface area contributed by atoms with Gasteiger partial charge in [0.15, 0.2) is 0 Å². The van der Waals surface area contributed by atoms with Crippen LogP contribution >= 0.6 is 39.3 Å². The summed E-state index contributed by atoms with van der Waals surface area (Å²) in [6.07, 6.45) is 4.94. The maximum absolute atomic E-state index is 13.3. The second kappa shape index (κ2) is 12.7. The van der Waals surface area contributed by atoms with Crippen molar-refractivity contribution in [2.75, 3.05) is 5.75 Å². The van der Waals surface area contributed by atoms with Crippen LogP contribution in [0.2, 0.25) is 5.02 Å². The highest BCUT2D eigenvalue weighted by Crippen LogP contribution is 2.21. The zero-order chi connectivity index (χ0) is 22.9. The molecule has 2 aromatic rings. The molecule has 1 saturated carbocycles. The predicted molar refractivity (Wildman–Crippen MR) is 137 cm³/mol. The smallest absolute Gasteiger partial charge is 0.243 e. The molecule has 32 heavy (non-hydrogen) atoms. The van der Waals surface area contributed by atoms with Crippen molar-refractivity contribution < 1.29 is 9.59 Å². The van der Waals surface area contributed by atoms with Gasteiger partial charge in [-0.25, -0.2) is 0 Å². The maximum atomic E-state index is 13.3. The first kappa shape index (κ1) is 25.1. The Hall–Kier alpha value is -1.50. The minimum Gasteiger partial charge on any atom is -0.352 e. The molecule has 1 N–H and O–H groups in total. The van der Waals surface area contributed by atoms with Gasteiger partial charge in [0.2, 0.25) is 11.8 Å². The van der Waals surface area contributed by atoms with Gasteiger partial charge in [-0.2, -0.15) is 0 Å². The van der Waals surface area contributed by atoms with Crippen molar-refractivity contribution >= 4 is 51.1 Å². The van der Waals surface area contributed by atoms with Gasteiger partial charge in [-0.05, 0) is 54.7 Å². The van der Waals surface area contributed by atoms with Crippen LogP contribution in [0.25, 0.3) is 0 Å². The van der Waals surface area contributed by atoms with Crippen LogP contribution in [0, 0.1) is 0 Å². The van der Waals surface area contributed by atoms with Crippen LogP contribution in [0.1, 0.15) is 50.2 Å². The van der Waals surface area contributed by atoms with Crippen LogP contribution in [0.4, 0.5) is 0 Å². The molecule has 1 atom stereocenters. The fourth-order valence-corrected chi connectivity index (χ4v) is 5.25. The molecule has 0 heterocycles. The molecule has 3 rings (SSSR count). The molecule has 0 saturated heterocycles. The molecule has 0 bridgehead atoms. The summed E-state index contributed by atoms with van der Waals surface area (Å²) in [6, 6.07) is 15.3. The van der Waals surface area contributed by atoms with E-state index >= 15 is 0 Å². The summed E-state index contributed by atoms with van der Waals surface area (Å²) in [5.74, 6) is 1.02. The minimum atomic E-state index is -0.480. The quantitative estimate of drug-likeness (QED) is 0.392. The Labute approximate surface area is 208 Å². The van der Waals surface area contributed by atoms with Crippen LogP contribution in [-0.2, 0) is 21.9 Å². The molecule has 2 amide bonds. The minimum absolute atomic E-state index is 0.0181. The molecule has 0 spiro atoms. The van der Waals surface area contributed by atoms with Crippen molar-refractivity contribution in [3.8, 4) is 0 Å². The predicted octanol–water partition coefficient (Wildman–Crippen LogP) is 6.20. The first-order valence-electron chi connectivity index (χ1n) is 11.1. The van der Waals surface area contributed by atoms with E-state index in [1.165, 1.54) is 5.56 Å². The van der Waals surface area contributed by atoms with E-state index < -0.39 is 6.04 Å². The van der Waals surface area contributed by atoms with Crippen LogP contribution in [0.5, 0.6) is 0 Å². The number of carbonyl (C=O) groups is 2. The van der Waals surface area contributed by atoms with E-state index in [9.17, 15) is 9.59 Å². The summed E-state index contributed by atoms with van der Waals surface area (Å²) in [6.45, 7) is 2.36. The monoisotopic (exact) mass is 536 g/mol. The summed E-state index contributed by atoms with van der Waals surface area (Å²) in [5, 5.41) is 3.84. The molecule has 1 aliphatic carbocycles. The Bertz CT molecular complexity index is 886. The molecule has 2 aromatic carbocycles. The van der Waals surface area contributed by atoms with E-state index in [1.54, 1.807) is 16.7 Å². The fraction of sp³-hybridized carbons (Fsp3) is 0.440. The number of carbonyl (C=O) groups excluding carboxylic acids is 2. The number of nitrogens with zero attached hydrogens (tertiary/aromatic N) is 1. The number of thioether (sulfide) groups is 1.